The van der Waals surface area contributed by atoms with Crippen molar-refractivity contribution in [3.8, 4) is 5.75 Å². The Kier molecular flexibility index (Phi) is 6.23. The van der Waals surface area contributed by atoms with Crippen LogP contribution < -0.4 is 10.1 Å². The maximum absolute atomic E-state index is 13.4. The third-order valence-corrected chi connectivity index (χ3v) is 6.22. The summed E-state index contributed by atoms with van der Waals surface area (Å²) < 4.78 is 51.3. The molecule has 1 saturated heterocycles. The van der Waals surface area contributed by atoms with Crippen LogP contribution in [0, 0.1) is 0 Å². The number of carbonyl (C=O) groups is 1. The smallest absolute Gasteiger partial charge is 0.416 e. The number of ether oxygens (including phenoxy) is 2. The molecule has 166 valence electrons. The number of halogens is 3. The van der Waals surface area contributed by atoms with Gasteiger partial charge in [0.05, 0.1) is 17.1 Å². The molecule has 0 unspecified atom stereocenters. The Balaban J connectivity index is 1.58. The molecule has 1 aliphatic heterocycles. The van der Waals surface area contributed by atoms with Gasteiger partial charge >= 0.3 is 6.18 Å². The minimum atomic E-state index is -4.47. The second-order valence-corrected chi connectivity index (χ2v) is 8.28. The summed E-state index contributed by atoms with van der Waals surface area (Å²) in [5.41, 5.74) is -0.905. The summed E-state index contributed by atoms with van der Waals surface area (Å²) in [7, 11) is 0. The predicted molar refractivity (Wildman–Crippen MR) is 111 cm³/mol. The van der Waals surface area contributed by atoms with Crippen LogP contribution in [0.1, 0.15) is 49.7 Å². The van der Waals surface area contributed by atoms with E-state index in [0.717, 1.165) is 37.8 Å². The van der Waals surface area contributed by atoms with E-state index in [1.54, 1.807) is 24.3 Å². The van der Waals surface area contributed by atoms with Gasteiger partial charge < -0.3 is 14.8 Å². The van der Waals surface area contributed by atoms with Gasteiger partial charge in [-0.1, -0.05) is 24.3 Å². The van der Waals surface area contributed by atoms with Gasteiger partial charge in [0, 0.05) is 25.0 Å². The molecule has 1 amide bonds. The van der Waals surface area contributed by atoms with Crippen LogP contribution in [0.15, 0.2) is 48.5 Å². The molecule has 2 aromatic carbocycles. The molecule has 4 rings (SSSR count). The van der Waals surface area contributed by atoms with Crippen molar-refractivity contribution in [2.24, 2.45) is 0 Å². The maximum atomic E-state index is 13.4. The number of hydrogen-bond donors (Lipinski definition) is 1. The summed E-state index contributed by atoms with van der Waals surface area (Å²) in [6.45, 7) is 0.628. The highest BCUT2D eigenvalue weighted by molar-refractivity contribution is 5.99. The third kappa shape index (κ3) is 4.87. The molecule has 1 heterocycles. The number of benzene rings is 2. The van der Waals surface area contributed by atoms with Crippen LogP contribution in [0.3, 0.4) is 0 Å². The van der Waals surface area contributed by atoms with Crippen LogP contribution in [0.4, 0.5) is 18.9 Å². The van der Waals surface area contributed by atoms with E-state index in [4.69, 9.17) is 9.47 Å². The minimum Gasteiger partial charge on any atom is -0.490 e. The Morgan fingerprint density at radius 3 is 2.45 bits per heavy atom. The normalized spacial score (nSPS) is 19.2. The van der Waals surface area contributed by atoms with E-state index >= 15 is 0 Å². The van der Waals surface area contributed by atoms with Crippen molar-refractivity contribution in [1.82, 2.24) is 0 Å². The third-order valence-electron chi connectivity index (χ3n) is 6.22. The molecule has 31 heavy (non-hydrogen) atoms. The molecule has 0 atom stereocenters. The quantitative estimate of drug-likeness (QED) is 0.657. The van der Waals surface area contributed by atoms with Gasteiger partial charge in [-0.3, -0.25) is 4.79 Å². The first-order chi connectivity index (χ1) is 14.9. The molecule has 4 nitrogen and oxygen atoms in total. The van der Waals surface area contributed by atoms with Crippen molar-refractivity contribution >= 4 is 11.6 Å². The van der Waals surface area contributed by atoms with Gasteiger partial charge in [-0.15, -0.1) is 0 Å². The number of alkyl halides is 3. The highest BCUT2D eigenvalue weighted by Gasteiger charge is 2.43. The monoisotopic (exact) mass is 433 g/mol. The Labute approximate surface area is 179 Å². The fourth-order valence-electron chi connectivity index (χ4n) is 4.46. The molecule has 0 aromatic heterocycles. The highest BCUT2D eigenvalue weighted by Crippen LogP contribution is 2.39. The molecule has 0 bridgehead atoms. The van der Waals surface area contributed by atoms with E-state index < -0.39 is 17.2 Å². The summed E-state index contributed by atoms with van der Waals surface area (Å²) in [4.78, 5) is 13.4. The Bertz CT molecular complexity index is 916. The number of anilines is 1. The van der Waals surface area contributed by atoms with Crippen molar-refractivity contribution in [2.75, 3.05) is 18.5 Å². The lowest BCUT2D eigenvalue weighted by molar-refractivity contribution is -0.138. The molecule has 0 radical (unpaired) electrons. The van der Waals surface area contributed by atoms with E-state index in [2.05, 4.69) is 5.32 Å². The molecule has 2 aromatic rings. The SMILES string of the molecule is O=C(Nc1cccc(OC2CCCC2)c1)C1(c2cccc(C(F)(F)F)c2)CCOCC1. The zero-order valence-corrected chi connectivity index (χ0v) is 17.2. The first kappa shape index (κ1) is 21.7. The van der Waals surface area contributed by atoms with E-state index in [-0.39, 0.29) is 12.0 Å². The predicted octanol–water partition coefficient (Wildman–Crippen LogP) is 5.71. The zero-order chi connectivity index (χ0) is 21.9. The van der Waals surface area contributed by atoms with Crippen molar-refractivity contribution in [2.45, 2.75) is 56.2 Å². The zero-order valence-electron chi connectivity index (χ0n) is 17.2. The topological polar surface area (TPSA) is 47.6 Å². The largest absolute Gasteiger partial charge is 0.490 e. The van der Waals surface area contributed by atoms with E-state index in [1.165, 1.54) is 6.07 Å². The Morgan fingerprint density at radius 1 is 1.03 bits per heavy atom. The lowest BCUT2D eigenvalue weighted by Gasteiger charge is -2.36. The van der Waals surface area contributed by atoms with Gasteiger partial charge in [-0.2, -0.15) is 13.2 Å². The standard InChI is InChI=1S/C24H26F3NO3/c25-24(26,27)18-6-3-5-17(15-18)23(11-13-30-14-12-23)22(29)28-19-7-4-10-21(16-19)31-20-8-1-2-9-20/h3-7,10,15-16,20H,1-2,8-9,11-14H2,(H,28,29). The average Bonchev–Trinajstić information content (AvgIpc) is 3.27. The second kappa shape index (κ2) is 8.91. The van der Waals surface area contributed by atoms with Crippen molar-refractivity contribution in [1.29, 1.82) is 0 Å². The molecule has 2 aliphatic rings. The van der Waals surface area contributed by atoms with E-state index in [1.807, 2.05) is 6.07 Å². The number of hydrogen-bond acceptors (Lipinski definition) is 3. The fraction of sp³-hybridized carbons (Fsp3) is 0.458. The van der Waals surface area contributed by atoms with Crippen LogP contribution in [0.2, 0.25) is 0 Å². The number of nitrogens with one attached hydrogen (secondary N) is 1. The summed E-state index contributed by atoms with van der Waals surface area (Å²) in [6.07, 6.45) is 0.718. The maximum Gasteiger partial charge on any atom is 0.416 e. The molecule has 7 heteroatoms. The van der Waals surface area contributed by atoms with Gasteiger partial charge in [-0.25, -0.2) is 0 Å². The average molecular weight is 433 g/mol. The van der Waals surface area contributed by atoms with Crippen LogP contribution >= 0.6 is 0 Å². The van der Waals surface area contributed by atoms with Crippen molar-refractivity contribution < 1.29 is 27.4 Å². The van der Waals surface area contributed by atoms with Gasteiger partial charge in [-0.05, 0) is 62.3 Å². The van der Waals surface area contributed by atoms with Crippen molar-refractivity contribution in [3.05, 3.63) is 59.7 Å². The number of amides is 1. The Hall–Kier alpha value is -2.54. The summed E-state index contributed by atoms with van der Waals surface area (Å²) in [5, 5.41) is 2.92. The number of rotatable bonds is 5. The second-order valence-electron chi connectivity index (χ2n) is 8.28. The van der Waals surface area contributed by atoms with Gasteiger partial charge in [0.25, 0.3) is 0 Å². The fourth-order valence-corrected chi connectivity index (χ4v) is 4.46. The Morgan fingerprint density at radius 2 is 1.74 bits per heavy atom. The molecule has 2 fully saturated rings. The molecule has 1 saturated carbocycles. The van der Waals surface area contributed by atoms with E-state index in [9.17, 15) is 18.0 Å². The van der Waals surface area contributed by atoms with Crippen LogP contribution in [-0.2, 0) is 21.1 Å². The van der Waals surface area contributed by atoms with Crippen LogP contribution in [0.25, 0.3) is 0 Å². The molecule has 0 spiro atoms. The lowest BCUT2D eigenvalue weighted by atomic mass is 9.73. The molecular formula is C24H26F3NO3. The van der Waals surface area contributed by atoms with Gasteiger partial charge in [0.15, 0.2) is 0 Å². The summed E-state index contributed by atoms with van der Waals surface area (Å²) >= 11 is 0. The van der Waals surface area contributed by atoms with E-state index in [0.29, 0.717) is 43.1 Å². The van der Waals surface area contributed by atoms with Gasteiger partial charge in [0.1, 0.15) is 5.75 Å². The van der Waals surface area contributed by atoms with Crippen LogP contribution in [0.5, 0.6) is 5.75 Å². The van der Waals surface area contributed by atoms with Crippen molar-refractivity contribution in [3.63, 3.8) is 0 Å². The first-order valence-electron chi connectivity index (χ1n) is 10.7. The van der Waals surface area contributed by atoms with Crippen LogP contribution in [-0.4, -0.2) is 25.2 Å². The molecular weight excluding hydrogens is 407 g/mol. The van der Waals surface area contributed by atoms with Gasteiger partial charge in [0.2, 0.25) is 5.91 Å². The highest BCUT2D eigenvalue weighted by atomic mass is 19.4. The minimum absolute atomic E-state index is 0.192. The summed E-state index contributed by atoms with van der Waals surface area (Å²) in [5.74, 6) is 0.359. The molecule has 1 aliphatic carbocycles. The molecule has 1 N–H and O–H groups in total. The first-order valence-corrected chi connectivity index (χ1v) is 10.7. The summed E-state index contributed by atoms with van der Waals surface area (Å²) in [6, 6.07) is 12.3. The lowest BCUT2D eigenvalue weighted by Crippen LogP contribution is -2.45. The number of carbonyl (C=O) groups excluding carboxylic acids is 1.